The summed E-state index contributed by atoms with van der Waals surface area (Å²) in [6.07, 6.45) is -4.99. The predicted molar refractivity (Wildman–Crippen MR) is 86.5 cm³/mol. The van der Waals surface area contributed by atoms with Crippen LogP contribution in [0.5, 0.6) is 0 Å². The lowest BCUT2D eigenvalue weighted by Gasteiger charge is -2.31. The molecule has 0 aliphatic rings. The lowest BCUT2D eigenvalue weighted by molar-refractivity contribution is -0.263. The van der Waals surface area contributed by atoms with Crippen molar-refractivity contribution >= 4 is 11.9 Å². The van der Waals surface area contributed by atoms with Gasteiger partial charge in [0, 0.05) is 5.56 Å². The van der Waals surface area contributed by atoms with Crippen molar-refractivity contribution in [1.82, 2.24) is 5.32 Å². The highest BCUT2D eigenvalue weighted by atomic mass is 19.4. The van der Waals surface area contributed by atoms with Crippen molar-refractivity contribution in [2.24, 2.45) is 0 Å². The fourth-order valence-corrected chi connectivity index (χ4v) is 2.27. The lowest BCUT2D eigenvalue weighted by Crippen LogP contribution is -2.51. The number of ether oxygens (including phenoxy) is 1. The van der Waals surface area contributed by atoms with Crippen LogP contribution in [0, 0.1) is 0 Å². The summed E-state index contributed by atoms with van der Waals surface area (Å²) in [5.74, 6) is -1.42. The molecule has 0 aliphatic heterocycles. The molecule has 0 fully saturated rings. The molecule has 5 nitrogen and oxygen atoms in total. The Kier molecular flexibility index (Phi) is 5.66. The van der Waals surface area contributed by atoms with Gasteiger partial charge in [0.1, 0.15) is 0 Å². The quantitative estimate of drug-likeness (QED) is 0.797. The minimum Gasteiger partial charge on any atom is -0.465 e. The summed E-state index contributed by atoms with van der Waals surface area (Å²) in [5.41, 5.74) is -3.38. The third-order valence-corrected chi connectivity index (χ3v) is 3.79. The van der Waals surface area contributed by atoms with Crippen molar-refractivity contribution in [3.8, 4) is 0 Å². The zero-order chi connectivity index (χ0) is 19.4. The molecular weight excluding hydrogens is 351 g/mol. The van der Waals surface area contributed by atoms with Gasteiger partial charge < -0.3 is 15.2 Å². The van der Waals surface area contributed by atoms with Crippen LogP contribution in [0.2, 0.25) is 0 Å². The number of carbonyl (C=O) groups is 2. The number of esters is 1. The molecule has 0 saturated heterocycles. The molecule has 26 heavy (non-hydrogen) atoms. The van der Waals surface area contributed by atoms with E-state index in [4.69, 9.17) is 0 Å². The fourth-order valence-electron chi connectivity index (χ4n) is 2.27. The molecule has 138 valence electrons. The van der Waals surface area contributed by atoms with Crippen molar-refractivity contribution in [2.45, 2.75) is 11.8 Å². The SMILES string of the molecule is COC(=O)c1ccc(C(=O)NC[C@](O)(c2ccccc2)C(F)(F)F)cc1. The molecule has 1 amide bonds. The van der Waals surface area contributed by atoms with E-state index in [1.807, 2.05) is 0 Å². The maximum absolute atomic E-state index is 13.4. The van der Waals surface area contributed by atoms with E-state index < -0.39 is 30.2 Å². The van der Waals surface area contributed by atoms with Crippen molar-refractivity contribution in [3.63, 3.8) is 0 Å². The molecule has 0 aromatic heterocycles. The molecule has 2 rings (SSSR count). The molecule has 8 heteroatoms. The van der Waals surface area contributed by atoms with Crippen LogP contribution < -0.4 is 5.32 Å². The number of halogens is 3. The van der Waals surface area contributed by atoms with Gasteiger partial charge in [-0.2, -0.15) is 13.2 Å². The molecule has 0 aliphatic carbocycles. The third-order valence-electron chi connectivity index (χ3n) is 3.79. The van der Waals surface area contributed by atoms with E-state index in [0.29, 0.717) is 0 Å². The molecular formula is C18H16F3NO4. The third kappa shape index (κ3) is 4.02. The van der Waals surface area contributed by atoms with Crippen LogP contribution in [-0.4, -0.2) is 36.8 Å². The minimum atomic E-state index is -4.99. The highest BCUT2D eigenvalue weighted by Gasteiger charge is 2.55. The summed E-state index contributed by atoms with van der Waals surface area (Å²) in [4.78, 5) is 23.4. The number of alkyl halides is 3. The topological polar surface area (TPSA) is 75.6 Å². The second kappa shape index (κ2) is 7.57. The van der Waals surface area contributed by atoms with Crippen LogP contribution in [0.1, 0.15) is 26.3 Å². The van der Waals surface area contributed by atoms with Crippen molar-refractivity contribution in [2.75, 3.05) is 13.7 Å². The summed E-state index contributed by atoms with van der Waals surface area (Å²) in [6, 6.07) is 11.7. The largest absolute Gasteiger partial charge is 0.465 e. The van der Waals surface area contributed by atoms with Gasteiger partial charge in [0.05, 0.1) is 19.2 Å². The van der Waals surface area contributed by atoms with E-state index in [9.17, 15) is 27.9 Å². The Hall–Kier alpha value is -2.87. The first kappa shape index (κ1) is 19.5. The minimum absolute atomic E-state index is 0.0373. The highest BCUT2D eigenvalue weighted by Crippen LogP contribution is 2.38. The summed E-state index contributed by atoms with van der Waals surface area (Å²) < 4.78 is 44.6. The number of amides is 1. The number of carbonyl (C=O) groups excluding carboxylic acids is 2. The molecule has 2 N–H and O–H groups in total. The Balaban J connectivity index is 2.16. The first-order chi connectivity index (χ1) is 12.2. The van der Waals surface area contributed by atoms with E-state index in [0.717, 1.165) is 12.1 Å². The van der Waals surface area contributed by atoms with E-state index in [1.165, 1.54) is 49.6 Å². The van der Waals surface area contributed by atoms with Crippen LogP contribution in [0.15, 0.2) is 54.6 Å². The predicted octanol–water partition coefficient (Wildman–Crippen LogP) is 2.65. The van der Waals surface area contributed by atoms with Crippen molar-refractivity contribution in [3.05, 3.63) is 71.3 Å². The maximum atomic E-state index is 13.4. The Morgan fingerprint density at radius 1 is 1.00 bits per heavy atom. The van der Waals surface area contributed by atoms with Gasteiger partial charge in [0.2, 0.25) is 5.60 Å². The lowest BCUT2D eigenvalue weighted by atomic mass is 9.93. The van der Waals surface area contributed by atoms with Crippen LogP contribution in [0.25, 0.3) is 0 Å². The van der Waals surface area contributed by atoms with Gasteiger partial charge in [-0.1, -0.05) is 30.3 Å². The molecule has 0 heterocycles. The van der Waals surface area contributed by atoms with E-state index >= 15 is 0 Å². The number of hydrogen-bond donors (Lipinski definition) is 2. The molecule has 0 bridgehead atoms. The van der Waals surface area contributed by atoms with Crippen LogP contribution in [0.4, 0.5) is 13.2 Å². The maximum Gasteiger partial charge on any atom is 0.423 e. The van der Waals surface area contributed by atoms with Crippen LogP contribution >= 0.6 is 0 Å². The van der Waals surface area contributed by atoms with Crippen molar-refractivity contribution in [1.29, 1.82) is 0 Å². The summed E-state index contributed by atoms with van der Waals surface area (Å²) in [7, 11) is 1.20. The van der Waals surface area contributed by atoms with Crippen LogP contribution in [-0.2, 0) is 10.3 Å². The number of hydrogen-bond acceptors (Lipinski definition) is 4. The van der Waals surface area contributed by atoms with E-state index in [1.54, 1.807) is 0 Å². The second-order valence-corrected chi connectivity index (χ2v) is 5.48. The van der Waals surface area contributed by atoms with Gasteiger partial charge in [-0.05, 0) is 29.8 Å². The number of benzene rings is 2. The molecule has 0 radical (unpaired) electrons. The van der Waals surface area contributed by atoms with E-state index in [2.05, 4.69) is 10.1 Å². The molecule has 2 aromatic rings. The van der Waals surface area contributed by atoms with Gasteiger partial charge in [-0.3, -0.25) is 4.79 Å². The summed E-state index contributed by atoms with van der Waals surface area (Å²) in [6.45, 7) is -1.06. The monoisotopic (exact) mass is 367 g/mol. The number of rotatable bonds is 5. The number of methoxy groups -OCH3 is 1. The Morgan fingerprint density at radius 3 is 2.04 bits per heavy atom. The molecule has 0 unspecified atom stereocenters. The van der Waals surface area contributed by atoms with Gasteiger partial charge >= 0.3 is 12.1 Å². The Bertz CT molecular complexity index is 775. The van der Waals surface area contributed by atoms with Gasteiger partial charge in [-0.15, -0.1) is 0 Å². The Morgan fingerprint density at radius 2 is 1.54 bits per heavy atom. The zero-order valence-electron chi connectivity index (χ0n) is 13.7. The van der Waals surface area contributed by atoms with Crippen molar-refractivity contribution < 1.29 is 32.6 Å². The number of aliphatic hydroxyl groups is 1. The van der Waals surface area contributed by atoms with Gasteiger partial charge in [-0.25, -0.2) is 4.79 Å². The first-order valence-electron chi connectivity index (χ1n) is 7.50. The summed E-state index contributed by atoms with van der Waals surface area (Å²) in [5, 5.41) is 12.2. The zero-order valence-corrected chi connectivity index (χ0v) is 13.7. The first-order valence-corrected chi connectivity index (χ1v) is 7.50. The normalized spacial score (nSPS) is 13.6. The number of nitrogens with one attached hydrogen (secondary N) is 1. The van der Waals surface area contributed by atoms with E-state index in [-0.39, 0.29) is 16.7 Å². The standard InChI is InChI=1S/C18H16F3NO4/c1-26-16(24)13-9-7-12(8-10-13)15(23)22-11-17(25,18(19,20)21)14-5-3-2-4-6-14/h2-10,25H,11H2,1H3,(H,22,23)/t17-/m0/s1. The average molecular weight is 367 g/mol. The fraction of sp³-hybridized carbons (Fsp3) is 0.222. The van der Waals surface area contributed by atoms with Crippen LogP contribution in [0.3, 0.4) is 0 Å². The molecule has 0 spiro atoms. The average Bonchev–Trinajstić information content (AvgIpc) is 2.65. The molecule has 2 aromatic carbocycles. The highest BCUT2D eigenvalue weighted by molar-refractivity contribution is 5.96. The van der Waals surface area contributed by atoms with Gasteiger partial charge in [0.15, 0.2) is 0 Å². The smallest absolute Gasteiger partial charge is 0.423 e. The molecule has 1 atom stereocenters. The van der Waals surface area contributed by atoms with Gasteiger partial charge in [0.25, 0.3) is 5.91 Å². The second-order valence-electron chi connectivity index (χ2n) is 5.48. The Labute approximate surface area is 147 Å². The summed E-state index contributed by atoms with van der Waals surface area (Å²) >= 11 is 0. The molecule has 0 saturated carbocycles.